The lowest BCUT2D eigenvalue weighted by molar-refractivity contribution is -0.144. The topological polar surface area (TPSA) is 116 Å². The lowest BCUT2D eigenvalue weighted by atomic mass is 10.2. The summed E-state index contributed by atoms with van der Waals surface area (Å²) in [6.07, 6.45) is -0.481. The standard InChI is InChI=1S/C21H21N3O6/c25-18(22-17-9-5-4-8-16(17)20(27)28)19(26)23-10-12-24(13-11-23)21(29)30-14-15-6-2-1-3-7-15/h1-9H,10-14H2,(H,22,25)(H,27,28). The summed E-state index contributed by atoms with van der Waals surface area (Å²) in [5.74, 6) is -2.92. The number of amides is 3. The summed E-state index contributed by atoms with van der Waals surface area (Å²) < 4.78 is 5.27. The Morgan fingerprint density at radius 2 is 1.47 bits per heavy atom. The van der Waals surface area contributed by atoms with Crippen LogP contribution >= 0.6 is 0 Å². The van der Waals surface area contributed by atoms with Crippen LogP contribution in [0.25, 0.3) is 0 Å². The van der Waals surface area contributed by atoms with Crippen molar-refractivity contribution in [3.05, 3.63) is 65.7 Å². The Morgan fingerprint density at radius 3 is 2.13 bits per heavy atom. The van der Waals surface area contributed by atoms with Crippen molar-refractivity contribution in [1.29, 1.82) is 0 Å². The molecule has 1 aliphatic rings. The molecule has 0 spiro atoms. The smallest absolute Gasteiger partial charge is 0.410 e. The van der Waals surface area contributed by atoms with Gasteiger partial charge in [-0.25, -0.2) is 9.59 Å². The van der Waals surface area contributed by atoms with Gasteiger partial charge in [0.2, 0.25) is 0 Å². The molecule has 0 bridgehead atoms. The van der Waals surface area contributed by atoms with Crippen LogP contribution in [0.15, 0.2) is 54.6 Å². The van der Waals surface area contributed by atoms with Crippen molar-refractivity contribution in [2.24, 2.45) is 0 Å². The van der Waals surface area contributed by atoms with E-state index >= 15 is 0 Å². The third-order valence-electron chi connectivity index (χ3n) is 4.63. The van der Waals surface area contributed by atoms with Gasteiger partial charge in [-0.15, -0.1) is 0 Å². The zero-order chi connectivity index (χ0) is 21.5. The van der Waals surface area contributed by atoms with Crippen LogP contribution in [0, 0.1) is 0 Å². The number of rotatable bonds is 4. The molecule has 2 aromatic carbocycles. The molecular weight excluding hydrogens is 390 g/mol. The molecule has 2 aromatic rings. The van der Waals surface area contributed by atoms with Gasteiger partial charge in [0.05, 0.1) is 11.3 Å². The number of carbonyl (C=O) groups excluding carboxylic acids is 3. The van der Waals surface area contributed by atoms with Crippen LogP contribution in [0.2, 0.25) is 0 Å². The van der Waals surface area contributed by atoms with E-state index in [0.717, 1.165) is 5.56 Å². The van der Waals surface area contributed by atoms with Crippen molar-refractivity contribution < 1.29 is 29.0 Å². The zero-order valence-electron chi connectivity index (χ0n) is 16.1. The predicted octanol–water partition coefficient (Wildman–Crippen LogP) is 1.80. The second kappa shape index (κ2) is 9.55. The molecule has 3 amide bonds. The molecule has 9 heteroatoms. The Morgan fingerprint density at radius 1 is 0.867 bits per heavy atom. The normalized spacial score (nSPS) is 13.5. The van der Waals surface area contributed by atoms with Gasteiger partial charge in [0, 0.05) is 26.2 Å². The van der Waals surface area contributed by atoms with Crippen LogP contribution in [0.4, 0.5) is 10.5 Å². The van der Waals surface area contributed by atoms with E-state index in [-0.39, 0.29) is 44.0 Å². The zero-order valence-corrected chi connectivity index (χ0v) is 16.1. The van der Waals surface area contributed by atoms with Gasteiger partial charge >= 0.3 is 23.9 Å². The highest BCUT2D eigenvalue weighted by Crippen LogP contribution is 2.15. The van der Waals surface area contributed by atoms with Crippen LogP contribution in [0.3, 0.4) is 0 Å². The molecule has 1 heterocycles. The molecule has 156 valence electrons. The van der Waals surface area contributed by atoms with Crippen molar-refractivity contribution in [3.8, 4) is 0 Å². The summed E-state index contributed by atoms with van der Waals surface area (Å²) in [5, 5.41) is 11.5. The molecule has 9 nitrogen and oxygen atoms in total. The number of nitrogens with zero attached hydrogens (tertiary/aromatic N) is 2. The maximum atomic E-state index is 12.4. The molecule has 2 N–H and O–H groups in total. The molecule has 30 heavy (non-hydrogen) atoms. The lowest BCUT2D eigenvalue weighted by Gasteiger charge is -2.33. The number of benzene rings is 2. The van der Waals surface area contributed by atoms with Crippen LogP contribution in [0.5, 0.6) is 0 Å². The van der Waals surface area contributed by atoms with E-state index in [2.05, 4.69) is 5.32 Å². The molecule has 0 radical (unpaired) electrons. The predicted molar refractivity (Wildman–Crippen MR) is 107 cm³/mol. The monoisotopic (exact) mass is 411 g/mol. The van der Waals surface area contributed by atoms with E-state index in [4.69, 9.17) is 9.84 Å². The van der Waals surface area contributed by atoms with E-state index < -0.39 is 23.9 Å². The van der Waals surface area contributed by atoms with Gasteiger partial charge in [-0.1, -0.05) is 42.5 Å². The van der Waals surface area contributed by atoms with E-state index in [1.165, 1.54) is 28.0 Å². The van der Waals surface area contributed by atoms with Crippen molar-refractivity contribution in [2.75, 3.05) is 31.5 Å². The highest BCUT2D eigenvalue weighted by molar-refractivity contribution is 6.39. The number of carbonyl (C=O) groups is 4. The minimum Gasteiger partial charge on any atom is -0.478 e. The summed E-state index contributed by atoms with van der Waals surface area (Å²) in [6, 6.07) is 15.1. The van der Waals surface area contributed by atoms with E-state index in [1.54, 1.807) is 6.07 Å². The van der Waals surface area contributed by atoms with Gasteiger partial charge in [0.15, 0.2) is 0 Å². The van der Waals surface area contributed by atoms with Crippen molar-refractivity contribution >= 4 is 29.6 Å². The Labute approximate surface area is 172 Å². The van der Waals surface area contributed by atoms with E-state index in [0.29, 0.717) is 0 Å². The Balaban J connectivity index is 1.49. The third-order valence-corrected chi connectivity index (χ3v) is 4.63. The number of nitrogens with one attached hydrogen (secondary N) is 1. The fraction of sp³-hybridized carbons (Fsp3) is 0.238. The number of anilines is 1. The fourth-order valence-electron chi connectivity index (χ4n) is 3.00. The number of para-hydroxylation sites is 1. The second-order valence-corrected chi connectivity index (χ2v) is 6.62. The fourth-order valence-corrected chi connectivity index (χ4v) is 3.00. The lowest BCUT2D eigenvalue weighted by Crippen LogP contribution is -2.53. The SMILES string of the molecule is O=C(Nc1ccccc1C(=O)O)C(=O)N1CCN(C(=O)OCc2ccccc2)CC1. The quantitative estimate of drug-likeness (QED) is 0.741. The van der Waals surface area contributed by atoms with Crippen LogP contribution in [-0.4, -0.2) is 65.0 Å². The average Bonchev–Trinajstić information content (AvgIpc) is 2.78. The maximum absolute atomic E-state index is 12.4. The number of hydrogen-bond donors (Lipinski definition) is 2. The molecule has 0 unspecified atom stereocenters. The number of hydrogen-bond acceptors (Lipinski definition) is 5. The first-order chi connectivity index (χ1) is 14.5. The first-order valence-electron chi connectivity index (χ1n) is 9.34. The highest BCUT2D eigenvalue weighted by Gasteiger charge is 2.29. The summed E-state index contributed by atoms with van der Waals surface area (Å²) in [7, 11) is 0. The first kappa shape index (κ1) is 20.8. The first-order valence-corrected chi connectivity index (χ1v) is 9.34. The number of carboxylic acids is 1. The van der Waals surface area contributed by atoms with Gasteiger partial charge in [-0.05, 0) is 17.7 Å². The Bertz CT molecular complexity index is 939. The van der Waals surface area contributed by atoms with Crippen LogP contribution < -0.4 is 5.32 Å². The number of ether oxygens (including phenoxy) is 1. The molecule has 0 aromatic heterocycles. The summed E-state index contributed by atoms with van der Waals surface area (Å²) in [5.41, 5.74) is 0.814. The average molecular weight is 411 g/mol. The highest BCUT2D eigenvalue weighted by atomic mass is 16.6. The molecule has 3 rings (SSSR count). The van der Waals surface area contributed by atoms with E-state index in [1.807, 2.05) is 30.3 Å². The summed E-state index contributed by atoms with van der Waals surface area (Å²) in [6.45, 7) is 0.974. The molecule has 0 atom stereocenters. The largest absolute Gasteiger partial charge is 0.478 e. The van der Waals surface area contributed by atoms with Gasteiger partial charge in [0.1, 0.15) is 6.61 Å². The molecule has 1 fully saturated rings. The van der Waals surface area contributed by atoms with Gasteiger partial charge in [0.25, 0.3) is 0 Å². The second-order valence-electron chi connectivity index (χ2n) is 6.62. The minimum absolute atomic E-state index is 0.0477. The Hall–Kier alpha value is -3.88. The molecule has 0 saturated carbocycles. The molecule has 1 saturated heterocycles. The number of carboxylic acid groups (broad SMARTS) is 1. The summed E-state index contributed by atoms with van der Waals surface area (Å²) >= 11 is 0. The summed E-state index contributed by atoms with van der Waals surface area (Å²) in [4.78, 5) is 50.9. The van der Waals surface area contributed by atoms with Crippen molar-refractivity contribution in [1.82, 2.24) is 9.80 Å². The third kappa shape index (κ3) is 5.13. The molecule has 0 aliphatic carbocycles. The van der Waals surface area contributed by atoms with Crippen LogP contribution in [0.1, 0.15) is 15.9 Å². The van der Waals surface area contributed by atoms with Crippen molar-refractivity contribution in [2.45, 2.75) is 6.61 Å². The van der Waals surface area contributed by atoms with E-state index in [9.17, 15) is 19.2 Å². The number of aromatic carboxylic acids is 1. The molecular formula is C21H21N3O6. The number of piperazine rings is 1. The van der Waals surface area contributed by atoms with Gasteiger partial charge in [-0.2, -0.15) is 0 Å². The minimum atomic E-state index is -1.21. The van der Waals surface area contributed by atoms with Gasteiger partial charge in [-0.3, -0.25) is 9.59 Å². The maximum Gasteiger partial charge on any atom is 0.410 e. The molecule has 1 aliphatic heterocycles. The van der Waals surface area contributed by atoms with Crippen LogP contribution in [-0.2, 0) is 20.9 Å². The van der Waals surface area contributed by atoms with Crippen molar-refractivity contribution in [3.63, 3.8) is 0 Å². The Kier molecular flexibility index (Phi) is 6.63. The van der Waals surface area contributed by atoms with Gasteiger partial charge < -0.3 is 25.0 Å².